The molecule has 0 saturated carbocycles. The minimum Gasteiger partial charge on any atom is -0.497 e. The Morgan fingerprint density at radius 2 is 1.79 bits per heavy atom. The van der Waals surface area contributed by atoms with Gasteiger partial charge in [0.25, 0.3) is 5.91 Å². The fourth-order valence-electron chi connectivity index (χ4n) is 5.50. The summed E-state index contributed by atoms with van der Waals surface area (Å²) in [5.74, 6) is 2.26. The van der Waals surface area contributed by atoms with Gasteiger partial charge in [-0.25, -0.2) is 5.01 Å². The Labute approximate surface area is 253 Å². The van der Waals surface area contributed by atoms with E-state index in [-0.39, 0.29) is 30.6 Å². The molecule has 2 amide bonds. The molecule has 0 spiro atoms. The molecule has 1 atom stereocenters. The maximum absolute atomic E-state index is 14.1. The van der Waals surface area contributed by atoms with E-state index < -0.39 is 6.04 Å². The molecule has 2 aromatic rings. The van der Waals surface area contributed by atoms with Crippen LogP contribution in [0.3, 0.4) is 0 Å². The first-order valence-corrected chi connectivity index (χ1v) is 14.7. The maximum Gasteiger partial charge on any atom is 0.262 e. The molecule has 11 nitrogen and oxygen atoms in total. The predicted octanol–water partition coefficient (Wildman–Crippen LogP) is 3.71. The van der Waals surface area contributed by atoms with Gasteiger partial charge in [-0.05, 0) is 35.2 Å². The summed E-state index contributed by atoms with van der Waals surface area (Å²) in [4.78, 5) is 31.6. The summed E-state index contributed by atoms with van der Waals surface area (Å²) in [7, 11) is 3.20. The minimum atomic E-state index is -0.400. The van der Waals surface area contributed by atoms with E-state index >= 15 is 0 Å². The molecule has 0 aromatic heterocycles. The zero-order chi connectivity index (χ0) is 30.6. The highest BCUT2D eigenvalue weighted by Gasteiger charge is 2.36. The molecule has 0 radical (unpaired) electrons. The number of ether oxygens (including phenoxy) is 5. The lowest BCUT2D eigenvalue weighted by Crippen LogP contribution is -2.47. The molecule has 1 saturated heterocycles. The van der Waals surface area contributed by atoms with Gasteiger partial charge in [0.2, 0.25) is 12.7 Å². The molecule has 2 aromatic carbocycles. The Morgan fingerprint density at radius 3 is 2.51 bits per heavy atom. The number of rotatable bonds is 10. The van der Waals surface area contributed by atoms with Crippen LogP contribution < -0.4 is 18.9 Å². The lowest BCUT2D eigenvalue weighted by Gasteiger charge is -2.32. The number of hydrazone groups is 1. The van der Waals surface area contributed by atoms with Crippen LogP contribution in [0.2, 0.25) is 0 Å². The van der Waals surface area contributed by atoms with Crippen LogP contribution in [0.1, 0.15) is 50.8 Å². The smallest absolute Gasteiger partial charge is 0.262 e. The molecule has 11 heteroatoms. The first-order chi connectivity index (χ1) is 20.6. The average Bonchev–Trinajstić information content (AvgIpc) is 3.65. The van der Waals surface area contributed by atoms with Crippen LogP contribution in [0.5, 0.6) is 23.0 Å². The van der Waals surface area contributed by atoms with Gasteiger partial charge in [0.15, 0.2) is 11.5 Å². The van der Waals surface area contributed by atoms with Crippen LogP contribution in [0, 0.1) is 5.41 Å². The van der Waals surface area contributed by atoms with Crippen molar-refractivity contribution in [2.45, 2.75) is 39.7 Å². The number of nitrogens with zero attached hydrogens (tertiary/aromatic N) is 4. The van der Waals surface area contributed by atoms with Crippen LogP contribution in [0.4, 0.5) is 0 Å². The summed E-state index contributed by atoms with van der Waals surface area (Å²) in [5.41, 5.74) is 2.13. The number of methoxy groups -OCH3 is 2. The van der Waals surface area contributed by atoms with Gasteiger partial charge in [-0.1, -0.05) is 26.8 Å². The molecule has 0 N–H and O–H groups in total. The fraction of sp³-hybridized carbons (Fsp3) is 0.531. The van der Waals surface area contributed by atoms with Gasteiger partial charge in [0.05, 0.1) is 39.2 Å². The lowest BCUT2D eigenvalue weighted by molar-refractivity contribution is -0.142. The lowest BCUT2D eigenvalue weighted by atomic mass is 9.91. The Morgan fingerprint density at radius 1 is 1.02 bits per heavy atom. The molecule has 232 valence electrons. The second-order valence-corrected chi connectivity index (χ2v) is 12.2. The third-order valence-electron chi connectivity index (χ3n) is 7.82. The van der Waals surface area contributed by atoms with Crippen molar-refractivity contribution < 1.29 is 33.3 Å². The van der Waals surface area contributed by atoms with Crippen molar-refractivity contribution in [1.29, 1.82) is 0 Å². The molecule has 1 fully saturated rings. The molecule has 5 rings (SSSR count). The Balaban J connectivity index is 1.43. The number of carbonyl (C=O) groups is 2. The summed E-state index contributed by atoms with van der Waals surface area (Å²) < 4.78 is 27.7. The van der Waals surface area contributed by atoms with Gasteiger partial charge < -0.3 is 28.6 Å². The van der Waals surface area contributed by atoms with Gasteiger partial charge in [-0.2, -0.15) is 5.10 Å². The van der Waals surface area contributed by atoms with Crippen molar-refractivity contribution in [1.82, 2.24) is 14.8 Å². The normalized spacial score (nSPS) is 18.4. The first kappa shape index (κ1) is 30.6. The van der Waals surface area contributed by atoms with Crippen molar-refractivity contribution in [3.05, 3.63) is 47.5 Å². The summed E-state index contributed by atoms with van der Waals surface area (Å²) in [5, 5.41) is 6.37. The molecule has 3 aliphatic rings. The molecular formula is C32H42N4O7. The topological polar surface area (TPSA) is 102 Å². The molecule has 0 bridgehead atoms. The number of benzene rings is 2. The largest absolute Gasteiger partial charge is 0.497 e. The number of carbonyl (C=O) groups excluding carboxylic acids is 2. The first-order valence-electron chi connectivity index (χ1n) is 14.7. The van der Waals surface area contributed by atoms with Crippen molar-refractivity contribution in [2.75, 3.05) is 67.0 Å². The molecule has 3 aliphatic heterocycles. The summed E-state index contributed by atoms with van der Waals surface area (Å²) >= 11 is 0. The third-order valence-corrected chi connectivity index (χ3v) is 7.82. The monoisotopic (exact) mass is 594 g/mol. The molecule has 0 aliphatic carbocycles. The predicted molar refractivity (Wildman–Crippen MR) is 161 cm³/mol. The maximum atomic E-state index is 14.1. The van der Waals surface area contributed by atoms with E-state index in [4.69, 9.17) is 28.8 Å². The van der Waals surface area contributed by atoms with E-state index in [1.165, 1.54) is 5.01 Å². The van der Waals surface area contributed by atoms with Crippen LogP contribution in [-0.2, 0) is 14.3 Å². The SMILES string of the molecule is COc1ccc(C2=NN(C(=O)CN(CCN3CCOCC3)C(=O)CC(C)(C)C)[C@@H](c3ccc4c(c3)OCO4)C2)c(OC)c1. The van der Waals surface area contributed by atoms with Crippen molar-refractivity contribution >= 4 is 17.5 Å². The van der Waals surface area contributed by atoms with E-state index in [1.54, 1.807) is 25.2 Å². The second-order valence-electron chi connectivity index (χ2n) is 12.2. The Kier molecular flexibility index (Phi) is 9.41. The summed E-state index contributed by atoms with van der Waals surface area (Å²) in [6.07, 6.45) is 0.796. The van der Waals surface area contributed by atoms with Gasteiger partial charge in [0, 0.05) is 50.7 Å². The zero-order valence-electron chi connectivity index (χ0n) is 25.8. The highest BCUT2D eigenvalue weighted by Crippen LogP contribution is 2.40. The Hall–Kier alpha value is -3.83. The van der Waals surface area contributed by atoms with E-state index in [0.29, 0.717) is 67.9 Å². The third kappa shape index (κ3) is 7.40. The summed E-state index contributed by atoms with van der Waals surface area (Å²) in [6, 6.07) is 10.8. The van der Waals surface area contributed by atoms with Gasteiger partial charge in [0.1, 0.15) is 18.0 Å². The van der Waals surface area contributed by atoms with E-state index in [2.05, 4.69) is 4.90 Å². The minimum absolute atomic E-state index is 0.0473. The quantitative estimate of drug-likeness (QED) is 0.411. The van der Waals surface area contributed by atoms with Crippen LogP contribution >= 0.6 is 0 Å². The number of morpholine rings is 1. The second kappa shape index (κ2) is 13.2. The van der Waals surface area contributed by atoms with Crippen molar-refractivity contribution in [2.24, 2.45) is 10.5 Å². The number of hydrogen-bond donors (Lipinski definition) is 0. The molecule has 3 heterocycles. The van der Waals surface area contributed by atoms with Crippen molar-refractivity contribution in [3.63, 3.8) is 0 Å². The van der Waals surface area contributed by atoms with Crippen LogP contribution in [-0.4, -0.2) is 99.3 Å². The van der Waals surface area contributed by atoms with E-state index in [9.17, 15) is 9.59 Å². The Bertz CT molecular complexity index is 1350. The van der Waals surface area contributed by atoms with Crippen molar-refractivity contribution in [3.8, 4) is 23.0 Å². The highest BCUT2D eigenvalue weighted by atomic mass is 16.7. The van der Waals surface area contributed by atoms with E-state index in [1.807, 2.05) is 51.1 Å². The van der Waals surface area contributed by atoms with E-state index in [0.717, 1.165) is 24.2 Å². The van der Waals surface area contributed by atoms with Gasteiger partial charge in [-0.15, -0.1) is 0 Å². The van der Waals surface area contributed by atoms with Crippen LogP contribution in [0.15, 0.2) is 41.5 Å². The number of amides is 2. The molecule has 0 unspecified atom stereocenters. The molecule has 43 heavy (non-hydrogen) atoms. The average molecular weight is 595 g/mol. The summed E-state index contributed by atoms with van der Waals surface area (Å²) in [6.45, 7) is 10.3. The standard InChI is InChI=1S/C32H42N4O7/c1-32(2,3)19-30(37)35(11-10-34-12-14-41-15-13-34)20-31(38)36-26(22-6-9-27-29(16-22)43-21-42-27)18-25(33-36)24-8-7-23(39-4)17-28(24)40-5/h6-9,16-17,26H,10-15,18-21H2,1-5H3/t26-/m1/s1. The van der Waals surface area contributed by atoms with Crippen LogP contribution in [0.25, 0.3) is 0 Å². The zero-order valence-corrected chi connectivity index (χ0v) is 25.8. The molecular weight excluding hydrogens is 552 g/mol. The fourth-order valence-corrected chi connectivity index (χ4v) is 5.50. The van der Waals surface area contributed by atoms with Gasteiger partial charge >= 0.3 is 0 Å². The highest BCUT2D eigenvalue weighted by molar-refractivity contribution is 6.05. The number of hydrogen-bond acceptors (Lipinski definition) is 9. The van der Waals surface area contributed by atoms with Gasteiger partial charge in [-0.3, -0.25) is 14.5 Å². The number of fused-ring (bicyclic) bond motifs is 1.